The quantitative estimate of drug-likeness (QED) is 0.120. The molecule has 0 bridgehead atoms. The molecule has 0 N–H and O–H groups in total. The van der Waals surface area contributed by atoms with Crippen molar-refractivity contribution in [2.24, 2.45) is 9.98 Å². The molecule has 0 radical (unpaired) electrons. The molecule has 1 heterocycles. The van der Waals surface area contributed by atoms with Gasteiger partial charge in [0.15, 0.2) is 0 Å². The molecular formula is C49H59N3. The first kappa shape index (κ1) is 38.6. The molecule has 3 heteroatoms. The highest BCUT2D eigenvalue weighted by Crippen LogP contribution is 2.40. The lowest BCUT2D eigenvalue weighted by molar-refractivity contribution is 0.805. The number of aromatic nitrogens is 1. The van der Waals surface area contributed by atoms with Crippen LogP contribution < -0.4 is 0 Å². The van der Waals surface area contributed by atoms with Gasteiger partial charge in [-0.05, 0) is 81.0 Å². The van der Waals surface area contributed by atoms with Crippen LogP contribution in [0.25, 0.3) is 0 Å². The summed E-state index contributed by atoms with van der Waals surface area (Å²) in [5.41, 5.74) is 15.4. The van der Waals surface area contributed by atoms with Gasteiger partial charge in [0.1, 0.15) is 0 Å². The zero-order valence-corrected chi connectivity index (χ0v) is 33.6. The molecule has 52 heavy (non-hydrogen) atoms. The van der Waals surface area contributed by atoms with Crippen LogP contribution >= 0.6 is 0 Å². The molecule has 0 amide bonds. The van der Waals surface area contributed by atoms with Gasteiger partial charge >= 0.3 is 0 Å². The summed E-state index contributed by atoms with van der Waals surface area (Å²) in [6.45, 7) is 27.3. The maximum Gasteiger partial charge on any atom is 0.0966 e. The van der Waals surface area contributed by atoms with Gasteiger partial charge in [0.25, 0.3) is 0 Å². The summed E-state index contributed by atoms with van der Waals surface area (Å²) in [4.78, 5) is 16.7. The van der Waals surface area contributed by atoms with Gasteiger partial charge in [-0.3, -0.25) is 0 Å². The number of rotatable bonds is 12. The zero-order chi connectivity index (χ0) is 37.7. The number of aliphatic imine (C=N–C) groups is 2. The Balaban J connectivity index is 1.82. The van der Waals surface area contributed by atoms with E-state index >= 15 is 0 Å². The largest absolute Gasteiger partial charge is 0.246 e. The van der Waals surface area contributed by atoms with Crippen LogP contribution in [0.1, 0.15) is 174 Å². The summed E-state index contributed by atoms with van der Waals surface area (Å²) in [5, 5.41) is 0. The molecule has 3 nitrogen and oxygen atoms in total. The van der Waals surface area contributed by atoms with Gasteiger partial charge < -0.3 is 0 Å². The molecule has 270 valence electrons. The van der Waals surface area contributed by atoms with Crippen molar-refractivity contribution in [3.8, 4) is 0 Å². The molecule has 0 saturated heterocycles. The second kappa shape index (κ2) is 16.8. The first-order chi connectivity index (χ1) is 24.8. The zero-order valence-electron chi connectivity index (χ0n) is 33.6. The molecule has 0 atom stereocenters. The van der Waals surface area contributed by atoms with Crippen LogP contribution in [0.3, 0.4) is 0 Å². The maximum absolute atomic E-state index is 5.61. The Morgan fingerprint density at radius 3 is 0.962 bits per heavy atom. The van der Waals surface area contributed by atoms with Crippen molar-refractivity contribution in [3.05, 3.63) is 159 Å². The first-order valence-electron chi connectivity index (χ1n) is 19.4. The summed E-state index contributed by atoms with van der Waals surface area (Å²) in [5.74, 6) is 2.13. The Morgan fingerprint density at radius 2 is 0.692 bits per heavy atom. The van der Waals surface area contributed by atoms with Crippen LogP contribution in [-0.2, 0) is 0 Å². The highest BCUT2D eigenvalue weighted by atomic mass is 14.9. The second-order valence-electron chi connectivity index (χ2n) is 16.1. The predicted molar refractivity (Wildman–Crippen MR) is 225 cm³/mol. The van der Waals surface area contributed by atoms with Crippen LogP contribution in [0.15, 0.2) is 113 Å². The van der Waals surface area contributed by atoms with E-state index in [1.54, 1.807) is 0 Å². The Morgan fingerprint density at radius 1 is 0.385 bits per heavy atom. The fourth-order valence-electron chi connectivity index (χ4n) is 6.75. The smallest absolute Gasteiger partial charge is 0.0966 e. The normalized spacial score (nSPS) is 12.7. The molecule has 0 aliphatic heterocycles. The Hall–Kier alpha value is -4.63. The summed E-state index contributed by atoms with van der Waals surface area (Å²) >= 11 is 0. The topological polar surface area (TPSA) is 37.6 Å². The van der Waals surface area contributed by atoms with E-state index in [1.807, 2.05) is 0 Å². The van der Waals surface area contributed by atoms with Gasteiger partial charge in [-0.25, -0.2) is 15.0 Å². The van der Waals surface area contributed by atoms with E-state index in [4.69, 9.17) is 15.0 Å². The van der Waals surface area contributed by atoms with E-state index in [9.17, 15) is 0 Å². The van der Waals surface area contributed by atoms with Gasteiger partial charge in [0.2, 0.25) is 0 Å². The van der Waals surface area contributed by atoms with Gasteiger partial charge in [-0.2, -0.15) is 0 Å². The predicted octanol–water partition coefficient (Wildman–Crippen LogP) is 14.2. The average molecular weight is 690 g/mol. The van der Waals surface area contributed by atoms with Crippen molar-refractivity contribution in [1.82, 2.24) is 4.98 Å². The minimum Gasteiger partial charge on any atom is -0.246 e. The third-order valence-electron chi connectivity index (χ3n) is 9.98. The minimum atomic E-state index is 0.315. The molecular weight excluding hydrogens is 631 g/mol. The number of hydrogen-bond acceptors (Lipinski definition) is 3. The lowest BCUT2D eigenvalue weighted by Crippen LogP contribution is -2.12. The van der Waals surface area contributed by atoms with E-state index in [1.165, 1.54) is 33.4 Å². The van der Waals surface area contributed by atoms with Crippen molar-refractivity contribution < 1.29 is 0 Å². The molecule has 5 rings (SSSR count). The average Bonchev–Trinajstić information content (AvgIpc) is 3.12. The van der Waals surface area contributed by atoms with Crippen LogP contribution in [0.4, 0.5) is 11.4 Å². The first-order valence-corrected chi connectivity index (χ1v) is 19.4. The molecule has 4 aromatic carbocycles. The highest BCUT2D eigenvalue weighted by Gasteiger charge is 2.22. The van der Waals surface area contributed by atoms with Crippen molar-refractivity contribution in [1.29, 1.82) is 0 Å². The lowest BCUT2D eigenvalue weighted by Gasteiger charge is -2.22. The van der Waals surface area contributed by atoms with Crippen LogP contribution in [0.5, 0.6) is 0 Å². The minimum absolute atomic E-state index is 0.315. The molecule has 1 aromatic heterocycles. The summed E-state index contributed by atoms with van der Waals surface area (Å²) in [7, 11) is 0. The molecule has 0 saturated carbocycles. The maximum atomic E-state index is 5.61. The van der Waals surface area contributed by atoms with E-state index in [-0.39, 0.29) is 0 Å². The van der Waals surface area contributed by atoms with Gasteiger partial charge in [-0.1, -0.05) is 174 Å². The van der Waals surface area contributed by atoms with E-state index in [2.05, 4.69) is 186 Å². The SMILES string of the molecule is CC(C)c1cc(C(C)C)c(/N=C(\c2ccccc2)c2cccc(/C(=N/c3c(C(C)C)cc(C(C)C)cc3C(C)C)c3ccccc3)n2)c(C(C)C)c1. The number of hydrogen-bond donors (Lipinski definition) is 0. The van der Waals surface area contributed by atoms with Crippen LogP contribution in [0, 0.1) is 0 Å². The lowest BCUT2D eigenvalue weighted by atomic mass is 9.87. The third kappa shape index (κ3) is 8.69. The molecule has 0 fully saturated rings. The van der Waals surface area contributed by atoms with E-state index in [0.29, 0.717) is 35.5 Å². The third-order valence-corrected chi connectivity index (χ3v) is 9.98. The summed E-state index contributed by atoms with van der Waals surface area (Å²) in [6.07, 6.45) is 0. The van der Waals surface area contributed by atoms with Crippen molar-refractivity contribution in [3.63, 3.8) is 0 Å². The van der Waals surface area contributed by atoms with Crippen molar-refractivity contribution >= 4 is 22.8 Å². The fraction of sp³-hybridized carbons (Fsp3) is 0.367. The number of nitrogens with zero attached hydrogens (tertiary/aromatic N) is 3. The van der Waals surface area contributed by atoms with E-state index in [0.717, 1.165) is 45.3 Å². The van der Waals surface area contributed by atoms with Gasteiger partial charge in [0.05, 0.1) is 34.2 Å². The monoisotopic (exact) mass is 689 g/mol. The van der Waals surface area contributed by atoms with Crippen molar-refractivity contribution in [2.45, 2.75) is 119 Å². The molecule has 0 aliphatic carbocycles. The number of benzene rings is 4. The summed E-state index contributed by atoms with van der Waals surface area (Å²) < 4.78 is 0. The van der Waals surface area contributed by atoms with E-state index < -0.39 is 0 Å². The second-order valence-corrected chi connectivity index (χ2v) is 16.1. The molecule has 5 aromatic rings. The number of pyridine rings is 1. The van der Waals surface area contributed by atoms with Gasteiger partial charge in [0, 0.05) is 11.1 Å². The van der Waals surface area contributed by atoms with Crippen LogP contribution in [0.2, 0.25) is 0 Å². The molecule has 0 spiro atoms. The van der Waals surface area contributed by atoms with Gasteiger partial charge in [-0.15, -0.1) is 0 Å². The highest BCUT2D eigenvalue weighted by molar-refractivity contribution is 6.16. The van der Waals surface area contributed by atoms with Crippen molar-refractivity contribution in [2.75, 3.05) is 0 Å². The Kier molecular flexibility index (Phi) is 12.5. The molecule has 0 aliphatic rings. The molecule has 0 unspecified atom stereocenters. The van der Waals surface area contributed by atoms with Crippen LogP contribution in [-0.4, -0.2) is 16.4 Å². The standard InChI is InChI=1S/C49H59N3/c1-30(2)38-26-40(32(5)6)48(41(27-38)33(7)8)51-46(36-20-15-13-16-21-36)44-24-19-25-45(50-44)47(37-22-17-14-18-23-37)52-49-42(34(9)10)28-39(31(3)4)29-43(49)35(11)12/h13-35H,1-12H3/b51-46+,52-47+. The summed E-state index contributed by atoms with van der Waals surface area (Å²) in [6, 6.07) is 36.8. The Labute approximate surface area is 314 Å². The Bertz CT molecular complexity index is 1820. The fourth-order valence-corrected chi connectivity index (χ4v) is 6.75.